The third kappa shape index (κ3) is 4.86. The first-order valence-electron chi connectivity index (χ1n) is 7.20. The zero-order valence-corrected chi connectivity index (χ0v) is 13.1. The van der Waals surface area contributed by atoms with Gasteiger partial charge in [-0.1, -0.05) is 37.3 Å². The Labute approximate surface area is 126 Å². The van der Waals surface area contributed by atoms with Gasteiger partial charge in [-0.25, -0.2) is 4.79 Å². The van der Waals surface area contributed by atoms with Crippen LogP contribution in [0.15, 0.2) is 30.3 Å². The highest BCUT2D eigenvalue weighted by molar-refractivity contribution is 5.90. The molecule has 1 amide bonds. The predicted molar refractivity (Wildman–Crippen MR) is 81.7 cm³/mol. The number of carbonyl (C=O) groups is 2. The Bertz CT molecular complexity index is 472. The van der Waals surface area contributed by atoms with Gasteiger partial charge in [0.1, 0.15) is 11.6 Å². The Kier molecular flexibility index (Phi) is 6.37. The van der Waals surface area contributed by atoms with Crippen LogP contribution in [0.3, 0.4) is 0 Å². The zero-order valence-electron chi connectivity index (χ0n) is 13.1. The molecule has 0 heterocycles. The Morgan fingerprint density at radius 1 is 1.19 bits per heavy atom. The number of esters is 1. The van der Waals surface area contributed by atoms with Gasteiger partial charge in [0.25, 0.3) is 0 Å². The number of carbonyl (C=O) groups excluding carboxylic acids is 2. The van der Waals surface area contributed by atoms with E-state index in [2.05, 4.69) is 10.6 Å². The van der Waals surface area contributed by atoms with Crippen molar-refractivity contribution in [1.82, 2.24) is 10.6 Å². The fourth-order valence-corrected chi connectivity index (χ4v) is 1.95. The molecule has 0 aliphatic rings. The maximum absolute atomic E-state index is 12.5. The molecule has 116 valence electrons. The van der Waals surface area contributed by atoms with Gasteiger partial charge in [0.2, 0.25) is 5.91 Å². The molecule has 0 saturated heterocycles. The standard InChI is InChI=1S/C16H24N2O3/c1-5-17-13(12-10-8-7-9-11-12)14(19)18-16(3,4)15(20)21-6-2/h7-11,13,17H,5-6H2,1-4H3,(H,18,19). The lowest BCUT2D eigenvalue weighted by atomic mass is 10.0. The Balaban J connectivity index is 2.85. The van der Waals surface area contributed by atoms with Crippen molar-refractivity contribution in [2.45, 2.75) is 39.3 Å². The second kappa shape index (κ2) is 7.78. The molecule has 0 radical (unpaired) electrons. The molecule has 1 rings (SSSR count). The van der Waals surface area contributed by atoms with Crippen molar-refractivity contribution in [3.05, 3.63) is 35.9 Å². The first-order chi connectivity index (χ1) is 9.92. The number of hydrogen-bond acceptors (Lipinski definition) is 4. The molecule has 1 aromatic rings. The van der Waals surface area contributed by atoms with E-state index < -0.39 is 17.6 Å². The van der Waals surface area contributed by atoms with Crippen LogP contribution in [0.2, 0.25) is 0 Å². The van der Waals surface area contributed by atoms with E-state index in [1.54, 1.807) is 20.8 Å². The largest absolute Gasteiger partial charge is 0.464 e. The summed E-state index contributed by atoms with van der Waals surface area (Å²) in [5, 5.41) is 5.88. The van der Waals surface area contributed by atoms with E-state index in [0.717, 1.165) is 5.56 Å². The number of nitrogens with one attached hydrogen (secondary N) is 2. The van der Waals surface area contributed by atoms with Crippen molar-refractivity contribution in [2.24, 2.45) is 0 Å². The summed E-state index contributed by atoms with van der Waals surface area (Å²) in [5.74, 6) is -0.692. The van der Waals surface area contributed by atoms with Crippen molar-refractivity contribution in [1.29, 1.82) is 0 Å². The van der Waals surface area contributed by atoms with E-state index in [-0.39, 0.29) is 12.5 Å². The average Bonchev–Trinajstić information content (AvgIpc) is 2.45. The highest BCUT2D eigenvalue weighted by Crippen LogP contribution is 2.15. The number of rotatable bonds is 7. The summed E-state index contributed by atoms with van der Waals surface area (Å²) in [6, 6.07) is 8.92. The molecule has 1 unspecified atom stereocenters. The topological polar surface area (TPSA) is 67.4 Å². The van der Waals surface area contributed by atoms with Gasteiger partial charge in [-0.15, -0.1) is 0 Å². The molecule has 5 nitrogen and oxygen atoms in total. The summed E-state index contributed by atoms with van der Waals surface area (Å²) in [4.78, 5) is 24.3. The maximum Gasteiger partial charge on any atom is 0.331 e. The van der Waals surface area contributed by atoms with Gasteiger partial charge in [-0.05, 0) is 32.9 Å². The van der Waals surface area contributed by atoms with Gasteiger partial charge in [0.05, 0.1) is 6.61 Å². The van der Waals surface area contributed by atoms with Gasteiger partial charge < -0.3 is 15.4 Å². The number of ether oxygens (including phenoxy) is 1. The zero-order chi connectivity index (χ0) is 15.9. The van der Waals surface area contributed by atoms with E-state index in [9.17, 15) is 9.59 Å². The summed E-state index contributed by atoms with van der Waals surface area (Å²) >= 11 is 0. The number of amides is 1. The van der Waals surface area contributed by atoms with Crippen LogP contribution in [-0.4, -0.2) is 30.6 Å². The van der Waals surface area contributed by atoms with Gasteiger partial charge in [-0.2, -0.15) is 0 Å². The molecule has 5 heteroatoms. The molecule has 0 saturated carbocycles. The van der Waals surface area contributed by atoms with Crippen molar-refractivity contribution in [3.8, 4) is 0 Å². The summed E-state index contributed by atoms with van der Waals surface area (Å²) in [7, 11) is 0. The van der Waals surface area contributed by atoms with Crippen LogP contribution in [0.5, 0.6) is 0 Å². The second-order valence-electron chi connectivity index (χ2n) is 5.24. The van der Waals surface area contributed by atoms with E-state index in [0.29, 0.717) is 6.54 Å². The normalized spacial score (nSPS) is 12.6. The van der Waals surface area contributed by atoms with Crippen LogP contribution in [0, 0.1) is 0 Å². The highest BCUT2D eigenvalue weighted by atomic mass is 16.5. The lowest BCUT2D eigenvalue weighted by Gasteiger charge is -2.27. The molecule has 1 atom stereocenters. The minimum absolute atomic E-state index is 0.249. The van der Waals surface area contributed by atoms with E-state index in [1.165, 1.54) is 0 Å². The molecule has 2 N–H and O–H groups in total. The lowest BCUT2D eigenvalue weighted by Crippen LogP contribution is -2.53. The fourth-order valence-electron chi connectivity index (χ4n) is 1.95. The van der Waals surface area contributed by atoms with Crippen LogP contribution in [0.4, 0.5) is 0 Å². The fraction of sp³-hybridized carbons (Fsp3) is 0.500. The van der Waals surface area contributed by atoms with E-state index in [1.807, 2.05) is 37.3 Å². The molecule has 1 aromatic carbocycles. The Morgan fingerprint density at radius 2 is 1.81 bits per heavy atom. The molecular weight excluding hydrogens is 268 g/mol. The molecule has 0 aliphatic carbocycles. The first kappa shape index (κ1) is 17.2. The quantitative estimate of drug-likeness (QED) is 0.752. The minimum Gasteiger partial charge on any atom is -0.464 e. The molecule has 21 heavy (non-hydrogen) atoms. The highest BCUT2D eigenvalue weighted by Gasteiger charge is 2.33. The van der Waals surface area contributed by atoms with Crippen molar-refractivity contribution in [2.75, 3.05) is 13.2 Å². The summed E-state index contributed by atoms with van der Waals surface area (Å²) in [6.07, 6.45) is 0. The number of hydrogen-bond donors (Lipinski definition) is 2. The van der Waals surface area contributed by atoms with Crippen molar-refractivity contribution >= 4 is 11.9 Å². The molecule has 0 bridgehead atoms. The first-order valence-corrected chi connectivity index (χ1v) is 7.20. The lowest BCUT2D eigenvalue weighted by molar-refractivity contribution is -0.152. The monoisotopic (exact) mass is 292 g/mol. The number of likely N-dealkylation sites (N-methyl/N-ethyl adjacent to an activating group) is 1. The summed E-state index contributed by atoms with van der Waals surface area (Å²) < 4.78 is 4.98. The SMILES string of the molecule is CCNC(C(=O)NC(C)(C)C(=O)OCC)c1ccccc1. The van der Waals surface area contributed by atoms with Crippen molar-refractivity contribution in [3.63, 3.8) is 0 Å². The van der Waals surface area contributed by atoms with Crippen LogP contribution >= 0.6 is 0 Å². The molecule has 0 fully saturated rings. The van der Waals surface area contributed by atoms with Gasteiger partial charge in [0.15, 0.2) is 0 Å². The molecule has 0 aromatic heterocycles. The average molecular weight is 292 g/mol. The Morgan fingerprint density at radius 3 is 2.33 bits per heavy atom. The van der Waals surface area contributed by atoms with Gasteiger partial charge >= 0.3 is 5.97 Å². The number of benzene rings is 1. The summed E-state index contributed by atoms with van der Waals surface area (Å²) in [5.41, 5.74) is -0.202. The second-order valence-corrected chi connectivity index (χ2v) is 5.24. The third-order valence-electron chi connectivity index (χ3n) is 3.02. The van der Waals surface area contributed by atoms with Crippen molar-refractivity contribution < 1.29 is 14.3 Å². The predicted octanol–water partition coefficient (Wildman–Crippen LogP) is 1.80. The van der Waals surface area contributed by atoms with Crippen LogP contribution in [-0.2, 0) is 14.3 Å². The minimum atomic E-state index is -1.06. The van der Waals surface area contributed by atoms with Gasteiger partial charge in [0, 0.05) is 0 Å². The van der Waals surface area contributed by atoms with E-state index >= 15 is 0 Å². The van der Waals surface area contributed by atoms with Crippen LogP contribution in [0.25, 0.3) is 0 Å². The summed E-state index contributed by atoms with van der Waals surface area (Å²) in [6.45, 7) is 7.87. The smallest absolute Gasteiger partial charge is 0.331 e. The molecule has 0 aliphatic heterocycles. The molecule has 0 spiro atoms. The maximum atomic E-state index is 12.5. The Hall–Kier alpha value is -1.88. The van der Waals surface area contributed by atoms with E-state index in [4.69, 9.17) is 4.74 Å². The van der Waals surface area contributed by atoms with Gasteiger partial charge in [-0.3, -0.25) is 4.79 Å². The van der Waals surface area contributed by atoms with Crippen LogP contribution in [0.1, 0.15) is 39.3 Å². The molecular formula is C16H24N2O3. The third-order valence-corrected chi connectivity index (χ3v) is 3.02. The van der Waals surface area contributed by atoms with Crippen LogP contribution < -0.4 is 10.6 Å².